The lowest BCUT2D eigenvalue weighted by molar-refractivity contribution is -0.132. The largest absolute Gasteiger partial charge is 0.507 e. The van der Waals surface area contributed by atoms with E-state index in [1.165, 1.54) is 56.6 Å². The molecule has 1 aliphatic rings. The highest BCUT2D eigenvalue weighted by molar-refractivity contribution is 6.51. The fraction of sp³-hybridized carbons (Fsp3) is 0.148. The molecule has 1 N–H and O–H groups in total. The van der Waals surface area contributed by atoms with E-state index >= 15 is 0 Å². The molecule has 182 valence electrons. The van der Waals surface area contributed by atoms with Gasteiger partial charge < -0.3 is 19.3 Å². The zero-order valence-corrected chi connectivity index (χ0v) is 19.6. The summed E-state index contributed by atoms with van der Waals surface area (Å²) in [5, 5.41) is 20.4. The van der Waals surface area contributed by atoms with Crippen molar-refractivity contribution >= 4 is 23.1 Å². The van der Waals surface area contributed by atoms with Gasteiger partial charge in [0.1, 0.15) is 17.3 Å². The summed E-state index contributed by atoms with van der Waals surface area (Å²) in [6.07, 6.45) is 0. The van der Waals surface area contributed by atoms with Gasteiger partial charge in [-0.3, -0.25) is 14.5 Å². The highest BCUT2D eigenvalue weighted by atomic mass is 19.1. The van der Waals surface area contributed by atoms with Crippen LogP contribution in [-0.2, 0) is 9.59 Å². The van der Waals surface area contributed by atoms with Crippen molar-refractivity contribution in [3.8, 4) is 23.3 Å². The quantitative estimate of drug-likeness (QED) is 0.312. The van der Waals surface area contributed by atoms with Crippen molar-refractivity contribution < 1.29 is 33.3 Å². The summed E-state index contributed by atoms with van der Waals surface area (Å²) in [5.74, 6) is -2.27. The Morgan fingerprint density at radius 3 is 2.17 bits per heavy atom. The number of nitriles is 1. The molecule has 0 aromatic heterocycles. The molecule has 0 saturated carbocycles. The molecule has 1 unspecified atom stereocenters. The lowest BCUT2D eigenvalue weighted by atomic mass is 9.94. The third kappa shape index (κ3) is 4.09. The summed E-state index contributed by atoms with van der Waals surface area (Å²) < 4.78 is 30.1. The lowest BCUT2D eigenvalue weighted by Gasteiger charge is -2.26. The maximum Gasteiger partial charge on any atom is 0.300 e. The number of aliphatic hydroxyl groups excluding tert-OH is 1. The number of Topliss-reactive ketones (excluding diaryl/α,β-unsaturated/α-hetero) is 1. The molecule has 8 nitrogen and oxygen atoms in total. The van der Waals surface area contributed by atoms with Crippen molar-refractivity contribution in [1.82, 2.24) is 0 Å². The van der Waals surface area contributed by atoms with E-state index in [1.807, 2.05) is 6.07 Å². The Morgan fingerprint density at radius 1 is 0.917 bits per heavy atom. The molecule has 1 aliphatic heterocycles. The van der Waals surface area contributed by atoms with E-state index in [9.17, 15) is 19.1 Å². The number of ketones is 1. The van der Waals surface area contributed by atoms with Gasteiger partial charge in [-0.05, 0) is 60.2 Å². The monoisotopic (exact) mass is 488 g/mol. The van der Waals surface area contributed by atoms with E-state index in [1.54, 1.807) is 18.2 Å². The van der Waals surface area contributed by atoms with Gasteiger partial charge in [0, 0.05) is 5.69 Å². The Bertz CT molecular complexity index is 1430. The average Bonchev–Trinajstić information content (AvgIpc) is 3.17. The minimum absolute atomic E-state index is 0.0826. The lowest BCUT2D eigenvalue weighted by Crippen LogP contribution is -2.29. The highest BCUT2D eigenvalue weighted by Gasteiger charge is 2.47. The summed E-state index contributed by atoms with van der Waals surface area (Å²) in [7, 11) is 4.25. The molecule has 3 aromatic rings. The molecule has 1 atom stereocenters. The summed E-state index contributed by atoms with van der Waals surface area (Å²) in [4.78, 5) is 27.8. The van der Waals surface area contributed by atoms with Crippen molar-refractivity contribution in [2.45, 2.75) is 6.04 Å². The number of ether oxygens (including phenoxy) is 3. The minimum atomic E-state index is -1.11. The van der Waals surface area contributed by atoms with Crippen molar-refractivity contribution in [2.24, 2.45) is 0 Å². The number of methoxy groups -OCH3 is 3. The Hall–Kier alpha value is -4.84. The maximum atomic E-state index is 14.1. The number of nitrogens with zero attached hydrogens (tertiary/aromatic N) is 2. The minimum Gasteiger partial charge on any atom is -0.507 e. The van der Waals surface area contributed by atoms with Crippen LogP contribution < -0.4 is 19.1 Å². The van der Waals surface area contributed by atoms with E-state index in [-0.39, 0.29) is 16.9 Å². The fourth-order valence-electron chi connectivity index (χ4n) is 4.14. The molecule has 0 bridgehead atoms. The molecule has 1 heterocycles. The van der Waals surface area contributed by atoms with Gasteiger partial charge >= 0.3 is 0 Å². The molecule has 0 spiro atoms. The number of hydrogen-bond acceptors (Lipinski definition) is 7. The van der Waals surface area contributed by atoms with Gasteiger partial charge in [-0.1, -0.05) is 6.07 Å². The third-order valence-corrected chi connectivity index (χ3v) is 5.86. The van der Waals surface area contributed by atoms with Crippen LogP contribution in [0, 0.1) is 17.1 Å². The molecule has 1 amide bonds. The molecule has 9 heteroatoms. The molecule has 0 aliphatic carbocycles. The average molecular weight is 488 g/mol. The summed E-state index contributed by atoms with van der Waals surface area (Å²) in [5.41, 5.74) is 0.762. The van der Waals surface area contributed by atoms with Gasteiger partial charge in [0.15, 0.2) is 11.5 Å². The molecular formula is C27H21FN2O6. The summed E-state index contributed by atoms with van der Waals surface area (Å²) >= 11 is 0. The SMILES string of the molecule is COc1ccc(C2/C(=C(\O)c3cc(F)ccc3OC)C(=O)C(=O)N2c2ccc(C#N)cc2)cc1OC. The van der Waals surface area contributed by atoms with Crippen LogP contribution in [0.15, 0.2) is 66.2 Å². The van der Waals surface area contributed by atoms with Crippen LogP contribution in [-0.4, -0.2) is 38.1 Å². The molecule has 1 fully saturated rings. The molecule has 4 rings (SSSR count). The van der Waals surface area contributed by atoms with Gasteiger partial charge in [0.2, 0.25) is 0 Å². The van der Waals surface area contributed by atoms with Crippen LogP contribution in [0.2, 0.25) is 0 Å². The topological polar surface area (TPSA) is 109 Å². The van der Waals surface area contributed by atoms with Crippen molar-refractivity contribution in [3.63, 3.8) is 0 Å². The van der Waals surface area contributed by atoms with Crippen LogP contribution in [0.25, 0.3) is 5.76 Å². The number of aliphatic hydroxyl groups is 1. The number of rotatable bonds is 6. The van der Waals surface area contributed by atoms with Gasteiger partial charge in [-0.2, -0.15) is 5.26 Å². The molecule has 1 saturated heterocycles. The smallest absolute Gasteiger partial charge is 0.300 e. The van der Waals surface area contributed by atoms with Gasteiger partial charge in [0.05, 0.1) is 50.1 Å². The first-order chi connectivity index (χ1) is 17.3. The van der Waals surface area contributed by atoms with E-state index in [0.717, 1.165) is 12.1 Å². The number of halogens is 1. The zero-order valence-electron chi connectivity index (χ0n) is 19.6. The second kappa shape index (κ2) is 9.80. The first-order valence-corrected chi connectivity index (χ1v) is 10.7. The van der Waals surface area contributed by atoms with Crippen LogP contribution >= 0.6 is 0 Å². The number of benzene rings is 3. The second-order valence-electron chi connectivity index (χ2n) is 7.79. The van der Waals surface area contributed by atoms with Crippen LogP contribution in [0.5, 0.6) is 17.2 Å². The van der Waals surface area contributed by atoms with Crippen molar-refractivity contribution in [1.29, 1.82) is 5.26 Å². The van der Waals surface area contributed by atoms with Crippen LogP contribution in [0.4, 0.5) is 10.1 Å². The standard InChI is InChI=1S/C27H21FN2O6/c1-34-20-11-7-17(28)13-19(20)25(31)23-24(16-6-10-21(35-2)22(12-16)36-3)30(27(33)26(23)32)18-8-4-15(14-29)5-9-18/h4-13,24,31H,1-3H3/b25-23+. The van der Waals surface area contributed by atoms with Crippen LogP contribution in [0.3, 0.4) is 0 Å². The highest BCUT2D eigenvalue weighted by Crippen LogP contribution is 2.45. The van der Waals surface area contributed by atoms with E-state index < -0.39 is 29.3 Å². The third-order valence-electron chi connectivity index (χ3n) is 5.86. The van der Waals surface area contributed by atoms with Crippen molar-refractivity contribution in [3.05, 3.63) is 88.7 Å². The van der Waals surface area contributed by atoms with Gasteiger partial charge in [0.25, 0.3) is 11.7 Å². The molecule has 0 radical (unpaired) electrons. The Balaban J connectivity index is 2.00. The number of carbonyl (C=O) groups is 2. The summed E-state index contributed by atoms with van der Waals surface area (Å²) in [6.45, 7) is 0. The van der Waals surface area contributed by atoms with Crippen molar-refractivity contribution in [2.75, 3.05) is 26.2 Å². The summed E-state index contributed by atoms with van der Waals surface area (Å²) in [6, 6.07) is 15.3. The van der Waals surface area contributed by atoms with Gasteiger partial charge in [-0.25, -0.2) is 4.39 Å². The van der Waals surface area contributed by atoms with E-state index in [4.69, 9.17) is 19.5 Å². The first-order valence-electron chi connectivity index (χ1n) is 10.7. The fourth-order valence-corrected chi connectivity index (χ4v) is 4.14. The van der Waals surface area contributed by atoms with E-state index in [2.05, 4.69) is 0 Å². The normalized spacial score (nSPS) is 16.5. The number of hydrogen-bond donors (Lipinski definition) is 1. The molecular weight excluding hydrogens is 467 g/mol. The number of anilines is 1. The Labute approximate surface area is 206 Å². The molecule has 36 heavy (non-hydrogen) atoms. The Morgan fingerprint density at radius 2 is 1.56 bits per heavy atom. The second-order valence-corrected chi connectivity index (χ2v) is 7.79. The number of carbonyl (C=O) groups excluding carboxylic acids is 2. The maximum absolute atomic E-state index is 14.1. The predicted octanol–water partition coefficient (Wildman–Crippen LogP) is 4.35. The zero-order chi connectivity index (χ0) is 26.0. The predicted molar refractivity (Wildman–Crippen MR) is 128 cm³/mol. The first kappa shape index (κ1) is 24.3. The molecule has 3 aromatic carbocycles. The number of amides is 1. The Kier molecular flexibility index (Phi) is 6.61. The van der Waals surface area contributed by atoms with E-state index in [0.29, 0.717) is 28.3 Å². The van der Waals surface area contributed by atoms with Gasteiger partial charge in [-0.15, -0.1) is 0 Å². The van der Waals surface area contributed by atoms with Crippen LogP contribution in [0.1, 0.15) is 22.7 Å².